The van der Waals surface area contributed by atoms with Crippen LogP contribution in [0.15, 0.2) is 48.6 Å². The molecule has 376 valence electrons. The molecule has 0 aromatic heterocycles. The second kappa shape index (κ2) is 47.9. The maximum absolute atomic E-state index is 12.8. The molecule has 8 nitrogen and oxygen atoms in total. The summed E-state index contributed by atoms with van der Waals surface area (Å²) in [4.78, 5) is 23.0. The molecular weight excluding hydrogens is 818 g/mol. The van der Waals surface area contributed by atoms with Gasteiger partial charge in [0.05, 0.1) is 34.4 Å². The second-order valence-corrected chi connectivity index (χ2v) is 20.7. The number of phosphoric acid groups is 1. The van der Waals surface area contributed by atoms with Gasteiger partial charge in [-0.3, -0.25) is 13.8 Å². The summed E-state index contributed by atoms with van der Waals surface area (Å²) in [7, 11) is 1.65. The maximum Gasteiger partial charge on any atom is 0.472 e. The summed E-state index contributed by atoms with van der Waals surface area (Å²) < 4.78 is 35.2. The molecule has 2 atom stereocenters. The highest BCUT2D eigenvalue weighted by Crippen LogP contribution is 2.43. The largest absolute Gasteiger partial charge is 0.472 e. The fraction of sp³-hybridized carbons (Fsp3) is 0.836. The van der Waals surface area contributed by atoms with E-state index in [0.717, 1.165) is 70.6 Å². The van der Waals surface area contributed by atoms with Crippen molar-refractivity contribution in [2.75, 3.05) is 54.1 Å². The first-order valence-electron chi connectivity index (χ1n) is 26.9. The van der Waals surface area contributed by atoms with Crippen molar-refractivity contribution < 1.29 is 37.3 Å². The van der Waals surface area contributed by atoms with Crippen molar-refractivity contribution in [3.05, 3.63) is 48.6 Å². The van der Waals surface area contributed by atoms with Gasteiger partial charge < -0.3 is 18.9 Å². The Bertz CT molecular complexity index is 1160. The van der Waals surface area contributed by atoms with E-state index in [1.807, 2.05) is 21.1 Å². The van der Waals surface area contributed by atoms with E-state index in [-0.39, 0.29) is 25.8 Å². The Kier molecular flexibility index (Phi) is 46.8. The van der Waals surface area contributed by atoms with Crippen LogP contribution in [0.1, 0.15) is 239 Å². The minimum Gasteiger partial charge on any atom is -0.457 e. The van der Waals surface area contributed by atoms with Gasteiger partial charge in [-0.25, -0.2) is 4.57 Å². The van der Waals surface area contributed by atoms with Gasteiger partial charge in [0.2, 0.25) is 0 Å². The highest BCUT2D eigenvalue weighted by Gasteiger charge is 2.26. The molecule has 0 heterocycles. The van der Waals surface area contributed by atoms with E-state index in [1.54, 1.807) is 0 Å². The van der Waals surface area contributed by atoms with Crippen LogP contribution < -0.4 is 0 Å². The van der Waals surface area contributed by atoms with E-state index in [4.69, 9.17) is 18.5 Å². The van der Waals surface area contributed by atoms with Crippen LogP contribution in [0.4, 0.5) is 0 Å². The third-order valence-electron chi connectivity index (χ3n) is 11.7. The fourth-order valence-electron chi connectivity index (χ4n) is 7.55. The SMILES string of the molecule is CC/C=C\C/C=C\C/C=C\C/C=C\CCCCCCC(=O)OC(COCCCCCCCCCCCCCCCCCCCCCCCCCCC)COP(=O)(O)OCC[N+](C)(C)C. The van der Waals surface area contributed by atoms with E-state index in [2.05, 4.69) is 62.5 Å². The lowest BCUT2D eigenvalue weighted by molar-refractivity contribution is -0.870. The van der Waals surface area contributed by atoms with Gasteiger partial charge in [0, 0.05) is 13.0 Å². The van der Waals surface area contributed by atoms with Crippen LogP contribution in [0.5, 0.6) is 0 Å². The molecule has 9 heteroatoms. The average molecular weight is 923 g/mol. The van der Waals surface area contributed by atoms with E-state index >= 15 is 0 Å². The Morgan fingerprint density at radius 1 is 0.500 bits per heavy atom. The molecule has 0 saturated carbocycles. The van der Waals surface area contributed by atoms with Crippen molar-refractivity contribution in [2.24, 2.45) is 0 Å². The Hall–Kier alpha value is -1.54. The molecule has 0 aliphatic heterocycles. The van der Waals surface area contributed by atoms with Gasteiger partial charge >= 0.3 is 13.8 Å². The summed E-state index contributed by atoms with van der Waals surface area (Å²) in [6, 6.07) is 0. The highest BCUT2D eigenvalue weighted by molar-refractivity contribution is 7.47. The van der Waals surface area contributed by atoms with Crippen molar-refractivity contribution in [3.63, 3.8) is 0 Å². The Labute approximate surface area is 397 Å². The molecule has 0 radical (unpaired) electrons. The summed E-state index contributed by atoms with van der Waals surface area (Å²) in [5.41, 5.74) is 0. The van der Waals surface area contributed by atoms with E-state index in [1.165, 1.54) is 148 Å². The second-order valence-electron chi connectivity index (χ2n) is 19.2. The van der Waals surface area contributed by atoms with Crippen LogP contribution in [0.25, 0.3) is 0 Å². The number of phosphoric ester groups is 1. The summed E-state index contributed by atoms with van der Waals surface area (Å²) in [6.45, 7) is 5.51. The number of hydrogen-bond acceptors (Lipinski definition) is 6. The Morgan fingerprint density at radius 2 is 0.906 bits per heavy atom. The van der Waals surface area contributed by atoms with E-state index in [0.29, 0.717) is 24.1 Å². The van der Waals surface area contributed by atoms with Crippen LogP contribution >= 0.6 is 7.82 Å². The number of rotatable bonds is 50. The van der Waals surface area contributed by atoms with Crippen LogP contribution in [0.2, 0.25) is 0 Å². The quantitative estimate of drug-likeness (QED) is 0.0214. The van der Waals surface area contributed by atoms with Crippen molar-refractivity contribution in [1.82, 2.24) is 0 Å². The monoisotopic (exact) mass is 923 g/mol. The molecular formula is C55H105NO7P+. The topological polar surface area (TPSA) is 91.3 Å². The van der Waals surface area contributed by atoms with Crippen LogP contribution in [0, 0.1) is 0 Å². The number of carbonyl (C=O) groups excluding carboxylic acids is 1. The molecule has 0 amide bonds. The number of likely N-dealkylation sites (N-methyl/N-ethyl adjacent to an activating group) is 1. The van der Waals surface area contributed by atoms with Crippen LogP contribution in [-0.4, -0.2) is 75.6 Å². The zero-order valence-electron chi connectivity index (χ0n) is 42.8. The molecule has 0 fully saturated rings. The van der Waals surface area contributed by atoms with Crippen LogP contribution in [-0.2, 0) is 27.9 Å². The number of allylic oxidation sites excluding steroid dienone is 8. The van der Waals surface area contributed by atoms with Gasteiger partial charge in [-0.05, 0) is 51.4 Å². The third-order valence-corrected chi connectivity index (χ3v) is 12.6. The molecule has 2 unspecified atom stereocenters. The number of ether oxygens (including phenoxy) is 2. The Balaban J connectivity index is 4.08. The van der Waals surface area contributed by atoms with Crippen molar-refractivity contribution in [2.45, 2.75) is 245 Å². The summed E-state index contributed by atoms with van der Waals surface area (Å²) in [6.07, 6.45) is 60.3. The fourth-order valence-corrected chi connectivity index (χ4v) is 8.29. The predicted octanol–water partition coefficient (Wildman–Crippen LogP) is 16.7. The molecule has 0 bridgehead atoms. The summed E-state index contributed by atoms with van der Waals surface area (Å²) in [5.74, 6) is -0.333. The third kappa shape index (κ3) is 51.4. The molecule has 0 saturated heterocycles. The maximum atomic E-state index is 12.8. The lowest BCUT2D eigenvalue weighted by Crippen LogP contribution is -2.37. The van der Waals surface area contributed by atoms with Gasteiger partial charge in [0.25, 0.3) is 0 Å². The molecule has 0 aliphatic carbocycles. The zero-order valence-corrected chi connectivity index (χ0v) is 43.7. The molecule has 0 aromatic carbocycles. The van der Waals surface area contributed by atoms with E-state index in [9.17, 15) is 14.3 Å². The first-order chi connectivity index (χ1) is 31.1. The predicted molar refractivity (Wildman–Crippen MR) is 275 cm³/mol. The number of unbranched alkanes of at least 4 members (excludes halogenated alkanes) is 28. The standard InChI is InChI=1S/C55H104NO7P/c1-6-8-10-12-14-16-18-20-22-24-25-26-27-28-29-30-31-33-35-37-39-41-43-45-47-50-60-52-54(53-62-64(58,59)61-51-49-56(3,4)5)63-55(57)48-46-44-42-40-38-36-34-32-23-21-19-17-15-13-11-9-7-2/h9,11,15,17,21,23,34,36,54H,6-8,10,12-14,16,18-20,22,24-33,35,37-53H2,1-5H3/p+1/b11-9-,17-15-,23-21-,36-34-. The van der Waals surface area contributed by atoms with Gasteiger partial charge in [-0.2, -0.15) is 0 Å². The van der Waals surface area contributed by atoms with Crippen LogP contribution in [0.3, 0.4) is 0 Å². The molecule has 0 spiro atoms. The molecule has 1 N–H and O–H groups in total. The molecule has 0 aliphatic rings. The minimum absolute atomic E-state index is 0.0834. The Morgan fingerprint density at radius 3 is 1.36 bits per heavy atom. The van der Waals surface area contributed by atoms with Gasteiger partial charge in [0.1, 0.15) is 19.3 Å². The van der Waals surface area contributed by atoms with Gasteiger partial charge in [0.15, 0.2) is 0 Å². The first-order valence-corrected chi connectivity index (χ1v) is 28.4. The average Bonchev–Trinajstić information content (AvgIpc) is 3.25. The number of hydrogen-bond donors (Lipinski definition) is 1. The molecule has 0 aromatic rings. The van der Waals surface area contributed by atoms with Gasteiger partial charge in [-0.15, -0.1) is 0 Å². The molecule has 0 rings (SSSR count). The van der Waals surface area contributed by atoms with E-state index < -0.39 is 13.9 Å². The molecule has 64 heavy (non-hydrogen) atoms. The lowest BCUT2D eigenvalue weighted by atomic mass is 10.0. The minimum atomic E-state index is -4.29. The summed E-state index contributed by atoms with van der Waals surface area (Å²) in [5, 5.41) is 0. The first kappa shape index (κ1) is 62.5. The summed E-state index contributed by atoms with van der Waals surface area (Å²) >= 11 is 0. The van der Waals surface area contributed by atoms with Crippen molar-refractivity contribution >= 4 is 13.8 Å². The van der Waals surface area contributed by atoms with Crippen molar-refractivity contribution in [1.29, 1.82) is 0 Å². The zero-order chi connectivity index (χ0) is 46.9. The number of nitrogens with zero attached hydrogens (tertiary/aromatic N) is 1. The highest BCUT2D eigenvalue weighted by atomic mass is 31.2. The number of carbonyl (C=O) groups is 1. The normalized spacial score (nSPS) is 13.9. The smallest absolute Gasteiger partial charge is 0.457 e. The lowest BCUT2D eigenvalue weighted by Gasteiger charge is -2.24. The number of esters is 1. The number of quaternary nitrogens is 1. The van der Waals surface area contributed by atoms with Crippen molar-refractivity contribution in [3.8, 4) is 0 Å². The van der Waals surface area contributed by atoms with Gasteiger partial charge in [-0.1, -0.05) is 229 Å².